The normalized spacial score (nSPS) is 13.4. The predicted octanol–water partition coefficient (Wildman–Crippen LogP) is 6.73. The van der Waals surface area contributed by atoms with Crippen LogP contribution in [0.5, 0.6) is 5.75 Å². The molecule has 1 aliphatic rings. The first-order valence-corrected chi connectivity index (χ1v) is 12.6. The van der Waals surface area contributed by atoms with Crippen molar-refractivity contribution in [2.24, 2.45) is 0 Å². The number of benzene rings is 3. The lowest BCUT2D eigenvalue weighted by Gasteiger charge is -2.29. The van der Waals surface area contributed by atoms with E-state index in [1.165, 1.54) is 24.1 Å². The summed E-state index contributed by atoms with van der Waals surface area (Å²) in [5.74, 6) is 0.244. The Morgan fingerprint density at radius 1 is 0.944 bits per heavy atom. The lowest BCUT2D eigenvalue weighted by Crippen LogP contribution is -2.23. The first-order valence-electron chi connectivity index (χ1n) is 12.6. The Kier molecular flexibility index (Phi) is 7.64. The van der Waals surface area contributed by atoms with Crippen molar-refractivity contribution in [3.05, 3.63) is 71.8 Å². The summed E-state index contributed by atoms with van der Waals surface area (Å²) in [7, 11) is 0. The zero-order chi connectivity index (χ0) is 25.7. The summed E-state index contributed by atoms with van der Waals surface area (Å²) in [6.07, 6.45) is 2.45. The number of nitrogens with zero attached hydrogens (tertiary/aromatic N) is 2. The highest BCUT2D eigenvalue weighted by molar-refractivity contribution is 5.80. The lowest BCUT2D eigenvalue weighted by atomic mass is 9.83. The number of esters is 1. The van der Waals surface area contributed by atoms with E-state index in [1.54, 1.807) is 6.92 Å². The zero-order valence-electron chi connectivity index (χ0n) is 21.6. The van der Waals surface area contributed by atoms with Crippen LogP contribution in [0.2, 0.25) is 0 Å². The topological polar surface area (TPSA) is 62.6 Å². The number of ether oxygens (including phenoxy) is 2. The average Bonchev–Trinajstić information content (AvgIpc) is 3.42. The van der Waals surface area contributed by atoms with Gasteiger partial charge in [-0.15, -0.1) is 0 Å². The number of carbonyl (C=O) groups excluding carboxylic acids is 1. The maximum Gasteiger partial charge on any atom is 0.344 e. The van der Waals surface area contributed by atoms with Crippen LogP contribution in [0, 0.1) is 11.3 Å². The molecule has 0 aliphatic carbocycles. The van der Waals surface area contributed by atoms with Gasteiger partial charge in [0, 0.05) is 24.3 Å². The zero-order valence-corrected chi connectivity index (χ0v) is 21.6. The van der Waals surface area contributed by atoms with E-state index in [2.05, 4.69) is 56.0 Å². The molecule has 5 nitrogen and oxygen atoms in total. The molecule has 0 unspecified atom stereocenters. The fraction of sp³-hybridized carbons (Fsp3) is 0.355. The average molecular weight is 483 g/mol. The Morgan fingerprint density at radius 2 is 1.61 bits per heavy atom. The molecule has 0 atom stereocenters. The van der Waals surface area contributed by atoms with Crippen LogP contribution < -0.4 is 9.64 Å². The molecule has 0 radical (unpaired) electrons. The predicted molar refractivity (Wildman–Crippen MR) is 144 cm³/mol. The van der Waals surface area contributed by atoms with Crippen LogP contribution >= 0.6 is 0 Å². The van der Waals surface area contributed by atoms with Gasteiger partial charge in [-0.2, -0.15) is 5.26 Å². The summed E-state index contributed by atoms with van der Waals surface area (Å²) in [5.41, 5.74) is 7.15. The first kappa shape index (κ1) is 25.3. The monoisotopic (exact) mass is 482 g/mol. The fourth-order valence-corrected chi connectivity index (χ4v) is 4.68. The number of nitriles is 1. The highest BCUT2D eigenvalue weighted by Gasteiger charge is 2.24. The minimum absolute atomic E-state index is 0.0371. The van der Waals surface area contributed by atoms with Gasteiger partial charge in [-0.1, -0.05) is 45.0 Å². The molecule has 1 saturated heterocycles. The van der Waals surface area contributed by atoms with Gasteiger partial charge in [0.25, 0.3) is 0 Å². The van der Waals surface area contributed by atoms with Gasteiger partial charge in [0.2, 0.25) is 0 Å². The van der Waals surface area contributed by atoms with E-state index in [0.717, 1.165) is 35.3 Å². The van der Waals surface area contributed by atoms with Crippen molar-refractivity contribution < 1.29 is 14.3 Å². The Morgan fingerprint density at radius 3 is 2.25 bits per heavy atom. The number of anilines is 1. The second-order valence-electron chi connectivity index (χ2n) is 10.2. The summed E-state index contributed by atoms with van der Waals surface area (Å²) < 4.78 is 11.0. The third-order valence-electron chi connectivity index (χ3n) is 6.54. The minimum Gasteiger partial charge on any atom is -0.481 e. The van der Waals surface area contributed by atoms with Gasteiger partial charge in [0.1, 0.15) is 5.75 Å². The molecule has 1 fully saturated rings. The molecule has 1 heterocycles. The molecule has 0 saturated carbocycles. The third-order valence-corrected chi connectivity index (χ3v) is 6.54. The second kappa shape index (κ2) is 10.9. The molecule has 0 spiro atoms. The molecule has 186 valence electrons. The van der Waals surface area contributed by atoms with Crippen molar-refractivity contribution >= 4 is 11.7 Å². The van der Waals surface area contributed by atoms with E-state index in [9.17, 15) is 4.79 Å². The van der Waals surface area contributed by atoms with Crippen LogP contribution in [0.15, 0.2) is 60.7 Å². The maximum absolute atomic E-state index is 12.0. The standard InChI is InChI=1S/C31H34N2O3/c1-5-35-30(34)21-36-29-15-13-24(23-10-8-22(20-32)9-11-23)18-26(29)25-12-14-28(33-16-6-7-17-33)27(19-25)31(2,3)4/h8-15,18-19H,5-7,16-17,21H2,1-4H3. The van der Waals surface area contributed by atoms with Gasteiger partial charge in [0.15, 0.2) is 6.61 Å². The number of rotatable bonds is 7. The van der Waals surface area contributed by atoms with Gasteiger partial charge < -0.3 is 14.4 Å². The maximum atomic E-state index is 12.0. The molecular weight excluding hydrogens is 448 g/mol. The van der Waals surface area contributed by atoms with E-state index in [1.807, 2.05) is 36.4 Å². The van der Waals surface area contributed by atoms with Crippen molar-refractivity contribution in [3.8, 4) is 34.1 Å². The van der Waals surface area contributed by atoms with E-state index >= 15 is 0 Å². The summed E-state index contributed by atoms with van der Waals surface area (Å²) >= 11 is 0. The van der Waals surface area contributed by atoms with Gasteiger partial charge in [-0.3, -0.25) is 0 Å². The SMILES string of the molecule is CCOC(=O)COc1ccc(-c2ccc(C#N)cc2)cc1-c1ccc(N2CCCC2)c(C(C)(C)C)c1. The van der Waals surface area contributed by atoms with Crippen molar-refractivity contribution in [3.63, 3.8) is 0 Å². The second-order valence-corrected chi connectivity index (χ2v) is 10.2. The van der Waals surface area contributed by atoms with Gasteiger partial charge >= 0.3 is 5.97 Å². The summed E-state index contributed by atoms with van der Waals surface area (Å²) in [6.45, 7) is 10.9. The largest absolute Gasteiger partial charge is 0.481 e. The quantitative estimate of drug-likeness (QED) is 0.349. The molecule has 4 rings (SSSR count). The molecule has 5 heteroatoms. The number of hydrogen-bond donors (Lipinski definition) is 0. The van der Waals surface area contributed by atoms with Gasteiger partial charge in [0.05, 0.1) is 18.2 Å². The Hall–Kier alpha value is -3.78. The van der Waals surface area contributed by atoms with Crippen LogP contribution in [0.25, 0.3) is 22.3 Å². The fourth-order valence-electron chi connectivity index (χ4n) is 4.68. The molecule has 0 bridgehead atoms. The van der Waals surface area contributed by atoms with E-state index in [-0.39, 0.29) is 18.0 Å². The molecule has 36 heavy (non-hydrogen) atoms. The Bertz CT molecular complexity index is 1260. The summed E-state index contributed by atoms with van der Waals surface area (Å²) in [4.78, 5) is 14.5. The van der Waals surface area contributed by atoms with Crippen molar-refractivity contribution in [1.29, 1.82) is 5.26 Å². The van der Waals surface area contributed by atoms with E-state index in [0.29, 0.717) is 17.9 Å². The first-order chi connectivity index (χ1) is 17.3. The smallest absolute Gasteiger partial charge is 0.344 e. The lowest BCUT2D eigenvalue weighted by molar-refractivity contribution is -0.145. The summed E-state index contributed by atoms with van der Waals surface area (Å²) in [5, 5.41) is 9.16. The van der Waals surface area contributed by atoms with Crippen molar-refractivity contribution in [1.82, 2.24) is 0 Å². The van der Waals surface area contributed by atoms with Crippen LogP contribution in [-0.2, 0) is 14.9 Å². The van der Waals surface area contributed by atoms with E-state index in [4.69, 9.17) is 14.7 Å². The molecule has 3 aromatic carbocycles. The number of hydrogen-bond acceptors (Lipinski definition) is 5. The van der Waals surface area contributed by atoms with Crippen molar-refractivity contribution in [2.45, 2.75) is 46.0 Å². The Labute approximate surface area is 214 Å². The minimum atomic E-state index is -0.389. The third kappa shape index (κ3) is 5.71. The van der Waals surface area contributed by atoms with Crippen LogP contribution in [0.1, 0.15) is 51.7 Å². The van der Waals surface area contributed by atoms with Crippen LogP contribution in [0.3, 0.4) is 0 Å². The highest BCUT2D eigenvalue weighted by Crippen LogP contribution is 2.40. The van der Waals surface area contributed by atoms with Crippen molar-refractivity contribution in [2.75, 3.05) is 31.2 Å². The molecule has 0 aromatic heterocycles. The van der Waals surface area contributed by atoms with Crippen LogP contribution in [0.4, 0.5) is 5.69 Å². The van der Waals surface area contributed by atoms with Crippen LogP contribution in [-0.4, -0.2) is 32.3 Å². The Balaban J connectivity index is 1.79. The molecule has 0 amide bonds. The van der Waals surface area contributed by atoms with Gasteiger partial charge in [-0.05, 0) is 83.8 Å². The summed E-state index contributed by atoms with van der Waals surface area (Å²) in [6, 6.07) is 22.4. The highest BCUT2D eigenvalue weighted by atomic mass is 16.6. The van der Waals surface area contributed by atoms with E-state index < -0.39 is 0 Å². The molecule has 1 aliphatic heterocycles. The number of carbonyl (C=O) groups is 1. The molecule has 0 N–H and O–H groups in total. The molecule has 3 aromatic rings. The molecular formula is C31H34N2O3. The van der Waals surface area contributed by atoms with Gasteiger partial charge in [-0.25, -0.2) is 4.79 Å².